The summed E-state index contributed by atoms with van der Waals surface area (Å²) >= 11 is 0. The van der Waals surface area contributed by atoms with Crippen molar-refractivity contribution in [2.24, 2.45) is 0 Å². The van der Waals surface area contributed by atoms with Crippen LogP contribution in [0.5, 0.6) is 5.75 Å². The Bertz CT molecular complexity index is 974. The fourth-order valence-corrected chi connectivity index (χ4v) is 2.71. The van der Waals surface area contributed by atoms with Crippen LogP contribution in [0.2, 0.25) is 0 Å². The largest absolute Gasteiger partial charge is 0.508 e. The molecule has 0 atom stereocenters. The second kappa shape index (κ2) is 6.60. The van der Waals surface area contributed by atoms with Gasteiger partial charge in [-0.05, 0) is 17.7 Å². The van der Waals surface area contributed by atoms with E-state index in [0.717, 1.165) is 23.4 Å². The van der Waals surface area contributed by atoms with E-state index in [2.05, 4.69) is 27.5 Å². The lowest BCUT2D eigenvalue weighted by Crippen LogP contribution is -2.01. The zero-order chi connectivity index (χ0) is 17.1. The van der Waals surface area contributed by atoms with Gasteiger partial charge in [0.15, 0.2) is 0 Å². The highest BCUT2D eigenvalue weighted by Gasteiger charge is 2.06. The van der Waals surface area contributed by atoms with E-state index < -0.39 is 0 Å². The Balaban J connectivity index is 1.46. The number of benzene rings is 2. The van der Waals surface area contributed by atoms with Crippen LogP contribution in [0, 0.1) is 0 Å². The van der Waals surface area contributed by atoms with Gasteiger partial charge in [-0.1, -0.05) is 47.7 Å². The summed E-state index contributed by atoms with van der Waals surface area (Å²) in [6.45, 7) is 1.34. The molecular formula is C19H17N5O. The summed E-state index contributed by atoms with van der Waals surface area (Å²) in [5.74, 6) is 0.217. The van der Waals surface area contributed by atoms with Gasteiger partial charge in [-0.2, -0.15) is 5.10 Å². The minimum atomic E-state index is 0.217. The summed E-state index contributed by atoms with van der Waals surface area (Å²) in [6, 6.07) is 17.2. The van der Waals surface area contributed by atoms with Gasteiger partial charge in [0.1, 0.15) is 11.4 Å². The molecule has 124 valence electrons. The van der Waals surface area contributed by atoms with Gasteiger partial charge in [-0.25, -0.2) is 4.68 Å². The number of hydrogen-bond donors (Lipinski definition) is 1. The van der Waals surface area contributed by atoms with Crippen LogP contribution in [0.25, 0.3) is 11.3 Å². The number of rotatable bonds is 5. The summed E-state index contributed by atoms with van der Waals surface area (Å²) in [7, 11) is 0. The minimum Gasteiger partial charge on any atom is -0.508 e. The van der Waals surface area contributed by atoms with E-state index in [1.165, 1.54) is 5.56 Å². The fourth-order valence-electron chi connectivity index (χ4n) is 2.71. The lowest BCUT2D eigenvalue weighted by atomic mass is 10.1. The van der Waals surface area contributed by atoms with Gasteiger partial charge in [-0.15, -0.1) is 5.10 Å². The van der Waals surface area contributed by atoms with Crippen LogP contribution in [0.3, 0.4) is 0 Å². The average molecular weight is 331 g/mol. The van der Waals surface area contributed by atoms with Gasteiger partial charge < -0.3 is 5.11 Å². The van der Waals surface area contributed by atoms with Crippen LogP contribution in [0.4, 0.5) is 0 Å². The summed E-state index contributed by atoms with van der Waals surface area (Å²) in [6.07, 6.45) is 5.73. The molecule has 0 saturated heterocycles. The Morgan fingerprint density at radius 2 is 1.68 bits per heavy atom. The molecule has 2 aromatic carbocycles. The predicted molar refractivity (Wildman–Crippen MR) is 94.0 cm³/mol. The molecule has 0 aliphatic rings. The molecule has 0 aliphatic heterocycles. The molecule has 6 nitrogen and oxygen atoms in total. The maximum atomic E-state index is 9.57. The first-order valence-electron chi connectivity index (χ1n) is 8.01. The normalized spacial score (nSPS) is 10.9. The zero-order valence-electron chi connectivity index (χ0n) is 13.5. The summed E-state index contributed by atoms with van der Waals surface area (Å²) in [4.78, 5) is 0. The molecule has 2 aromatic heterocycles. The molecule has 0 saturated carbocycles. The van der Waals surface area contributed by atoms with E-state index in [4.69, 9.17) is 0 Å². The van der Waals surface area contributed by atoms with E-state index in [0.29, 0.717) is 6.54 Å². The highest BCUT2D eigenvalue weighted by molar-refractivity contribution is 5.59. The summed E-state index contributed by atoms with van der Waals surface area (Å²) in [5.41, 5.74) is 3.84. The lowest BCUT2D eigenvalue weighted by Gasteiger charge is -2.01. The van der Waals surface area contributed by atoms with Crippen molar-refractivity contribution in [2.75, 3.05) is 0 Å². The van der Waals surface area contributed by atoms with E-state index in [9.17, 15) is 5.11 Å². The molecule has 0 fully saturated rings. The quantitative estimate of drug-likeness (QED) is 0.610. The Morgan fingerprint density at radius 3 is 2.52 bits per heavy atom. The molecule has 25 heavy (non-hydrogen) atoms. The Labute approximate surface area is 145 Å². The molecule has 4 rings (SSSR count). The first kappa shape index (κ1) is 15.1. The maximum Gasteiger partial charge on any atom is 0.116 e. The Hall–Kier alpha value is -3.41. The summed E-state index contributed by atoms with van der Waals surface area (Å²) in [5, 5.41) is 22.3. The first-order chi connectivity index (χ1) is 12.3. The van der Waals surface area contributed by atoms with Crippen LogP contribution in [0.1, 0.15) is 11.1 Å². The third-order valence-electron chi connectivity index (χ3n) is 3.90. The molecule has 4 aromatic rings. The monoisotopic (exact) mass is 331 g/mol. The number of phenols is 1. The lowest BCUT2D eigenvalue weighted by molar-refractivity contribution is 0.475. The minimum absolute atomic E-state index is 0.217. The zero-order valence-corrected chi connectivity index (χ0v) is 13.5. The van der Waals surface area contributed by atoms with Crippen molar-refractivity contribution >= 4 is 0 Å². The number of hydrogen-bond acceptors (Lipinski definition) is 4. The molecule has 0 radical (unpaired) electrons. The van der Waals surface area contributed by atoms with Gasteiger partial charge in [0.05, 0.1) is 25.5 Å². The van der Waals surface area contributed by atoms with Crippen LogP contribution in [0.15, 0.2) is 73.2 Å². The first-order valence-corrected chi connectivity index (χ1v) is 8.01. The van der Waals surface area contributed by atoms with Gasteiger partial charge >= 0.3 is 0 Å². The second-order valence-electron chi connectivity index (χ2n) is 5.88. The highest BCUT2D eigenvalue weighted by Crippen LogP contribution is 2.20. The standard InChI is InChI=1S/C19H17N5O/c25-18-8-4-7-17(9-18)19-14-24(22-21-19)13-16-10-20-23(12-16)11-15-5-2-1-3-6-15/h1-10,12,14,25H,11,13H2. The molecule has 6 heteroatoms. The van der Waals surface area contributed by atoms with E-state index >= 15 is 0 Å². The highest BCUT2D eigenvalue weighted by atomic mass is 16.3. The third kappa shape index (κ3) is 3.58. The Morgan fingerprint density at radius 1 is 0.840 bits per heavy atom. The van der Waals surface area contributed by atoms with Crippen molar-refractivity contribution in [1.29, 1.82) is 0 Å². The van der Waals surface area contributed by atoms with Crippen LogP contribution >= 0.6 is 0 Å². The fraction of sp³-hybridized carbons (Fsp3) is 0.105. The number of aromatic nitrogens is 5. The number of nitrogens with zero attached hydrogens (tertiary/aromatic N) is 5. The second-order valence-corrected chi connectivity index (χ2v) is 5.88. The van der Waals surface area contributed by atoms with Crippen LogP contribution in [-0.2, 0) is 13.1 Å². The van der Waals surface area contributed by atoms with Gasteiger partial charge in [0, 0.05) is 17.3 Å². The van der Waals surface area contributed by atoms with Crippen molar-refractivity contribution in [2.45, 2.75) is 13.1 Å². The number of aromatic hydroxyl groups is 1. The molecule has 2 heterocycles. The maximum absolute atomic E-state index is 9.57. The third-order valence-corrected chi connectivity index (χ3v) is 3.90. The average Bonchev–Trinajstić information content (AvgIpc) is 3.26. The molecule has 0 aliphatic carbocycles. The van der Waals surface area contributed by atoms with Crippen molar-refractivity contribution in [3.63, 3.8) is 0 Å². The van der Waals surface area contributed by atoms with Crippen molar-refractivity contribution in [3.8, 4) is 17.0 Å². The predicted octanol–water partition coefficient (Wildman–Crippen LogP) is 2.94. The van der Waals surface area contributed by atoms with E-state index in [-0.39, 0.29) is 5.75 Å². The molecule has 0 spiro atoms. The van der Waals surface area contributed by atoms with E-state index in [1.54, 1.807) is 22.9 Å². The molecule has 0 unspecified atom stereocenters. The Kier molecular flexibility index (Phi) is 4.00. The van der Waals surface area contributed by atoms with Gasteiger partial charge in [0.25, 0.3) is 0 Å². The molecule has 0 bridgehead atoms. The van der Waals surface area contributed by atoms with Crippen molar-refractivity contribution in [3.05, 3.63) is 84.3 Å². The van der Waals surface area contributed by atoms with Crippen molar-refractivity contribution < 1.29 is 5.11 Å². The SMILES string of the molecule is Oc1cccc(-c2cn(Cc3cnn(Cc4ccccc4)c3)nn2)c1. The van der Waals surface area contributed by atoms with Gasteiger partial charge in [-0.3, -0.25) is 4.68 Å². The molecular weight excluding hydrogens is 314 g/mol. The molecule has 0 amide bonds. The number of phenolic OH excluding ortho intramolecular Hbond substituents is 1. The van der Waals surface area contributed by atoms with Crippen LogP contribution in [-0.4, -0.2) is 29.9 Å². The molecule has 1 N–H and O–H groups in total. The van der Waals surface area contributed by atoms with Crippen LogP contribution < -0.4 is 0 Å². The topological polar surface area (TPSA) is 68.8 Å². The smallest absolute Gasteiger partial charge is 0.116 e. The van der Waals surface area contributed by atoms with E-state index in [1.807, 2.05) is 47.5 Å². The van der Waals surface area contributed by atoms with Gasteiger partial charge in [0.2, 0.25) is 0 Å². The summed E-state index contributed by atoms with van der Waals surface area (Å²) < 4.78 is 3.68. The van der Waals surface area contributed by atoms with Crippen molar-refractivity contribution in [1.82, 2.24) is 24.8 Å².